The van der Waals surface area contributed by atoms with Gasteiger partial charge in [-0.3, -0.25) is 19.2 Å². The molecule has 0 saturated heterocycles. The van der Waals surface area contributed by atoms with Crippen LogP contribution in [0.4, 0.5) is 0 Å². The van der Waals surface area contributed by atoms with Gasteiger partial charge in [-0.25, -0.2) is 0 Å². The highest BCUT2D eigenvalue weighted by atomic mass is 32.5. The van der Waals surface area contributed by atoms with E-state index in [4.69, 9.17) is 21.1 Å². The van der Waals surface area contributed by atoms with Crippen molar-refractivity contribution in [3.05, 3.63) is 0 Å². The Labute approximate surface area is 444 Å². The monoisotopic (exact) mass is 1060 g/mol. The molecule has 0 aromatic heterocycles. The zero-order chi connectivity index (χ0) is 52.8. The number of ether oxygens (including phenoxy) is 1. The van der Waals surface area contributed by atoms with Gasteiger partial charge in [-0.15, -0.1) is 0 Å². The predicted octanol–water partition coefficient (Wildman–Crippen LogP) is 9.72. The van der Waals surface area contributed by atoms with E-state index in [0.29, 0.717) is 91.9 Å². The van der Waals surface area contributed by atoms with Crippen LogP contribution in [0.3, 0.4) is 0 Å². The maximum atomic E-state index is 14.1. The van der Waals surface area contributed by atoms with Crippen molar-refractivity contribution >= 4 is 41.7 Å². The lowest BCUT2D eigenvalue weighted by molar-refractivity contribution is -0.174. The number of carbonyl (C=O) groups is 4. The number of carbonyl (C=O) groups excluding carboxylic acids is 4. The van der Waals surface area contributed by atoms with Crippen molar-refractivity contribution in [2.75, 3.05) is 26.4 Å². The van der Waals surface area contributed by atoms with Crippen molar-refractivity contribution in [3.8, 4) is 0 Å². The Morgan fingerprint density at radius 1 is 0.630 bits per heavy atom. The molecule has 0 aromatic carbocycles. The van der Waals surface area contributed by atoms with Crippen LogP contribution in [0.25, 0.3) is 0 Å². The van der Waals surface area contributed by atoms with E-state index in [1.165, 1.54) is 6.66 Å². The Kier molecular flexibility index (Phi) is 18.4. The Morgan fingerprint density at radius 2 is 1.12 bits per heavy atom. The average Bonchev–Trinajstić information content (AvgIpc) is 3.86. The number of rotatable bonds is 21. The number of fused-ring (bicyclic) bond motifs is 10. The Balaban J connectivity index is 0.823. The van der Waals surface area contributed by atoms with Gasteiger partial charge in [0.25, 0.3) is 0 Å². The molecule has 8 aliphatic rings. The topological polar surface area (TPSA) is 200 Å². The number of hydrogen-bond acceptors (Lipinski definition) is 11. The largest absolute Gasteiger partial charge is 0.465 e. The van der Waals surface area contributed by atoms with Gasteiger partial charge in [-0.1, -0.05) is 48.0 Å². The molecule has 12 nitrogen and oxygen atoms in total. The molecule has 0 aliphatic heterocycles. The first kappa shape index (κ1) is 57.9. The first-order valence-corrected chi connectivity index (χ1v) is 32.6. The summed E-state index contributed by atoms with van der Waals surface area (Å²) in [7, 11) is 0. The maximum absolute atomic E-state index is 14.1. The number of aliphatic hydroxyl groups is 4. The molecule has 0 aromatic rings. The summed E-state index contributed by atoms with van der Waals surface area (Å²) in [6.45, 7) is 13.1. The summed E-state index contributed by atoms with van der Waals surface area (Å²) in [5.41, 5.74) is 0.467. The number of nitrogens with one attached hydrogen (secondary N) is 1. The van der Waals surface area contributed by atoms with Crippen molar-refractivity contribution in [1.29, 1.82) is 0 Å². The summed E-state index contributed by atoms with van der Waals surface area (Å²) in [5.74, 6) is 3.19. The molecule has 0 heterocycles. The van der Waals surface area contributed by atoms with Crippen molar-refractivity contribution in [2.24, 2.45) is 98.6 Å². The van der Waals surface area contributed by atoms with Crippen LogP contribution in [0.15, 0.2) is 0 Å². The van der Waals surface area contributed by atoms with Crippen LogP contribution in [-0.2, 0) is 40.2 Å². The second kappa shape index (κ2) is 23.2. The van der Waals surface area contributed by atoms with Gasteiger partial charge in [0, 0.05) is 44.8 Å². The Bertz CT molecular complexity index is 2020. The molecule has 8 aliphatic carbocycles. The average molecular weight is 1060 g/mol. The number of unbranched alkanes of at least 4 members (excludes halogenated alkanes) is 1. The number of hydrogen-bond donors (Lipinski definition) is 6. The number of ketones is 2. The van der Waals surface area contributed by atoms with Gasteiger partial charge in [0.1, 0.15) is 11.6 Å². The van der Waals surface area contributed by atoms with Crippen LogP contribution in [-0.4, -0.2) is 99.6 Å². The van der Waals surface area contributed by atoms with Crippen LogP contribution in [0.5, 0.6) is 0 Å². The van der Waals surface area contributed by atoms with Gasteiger partial charge in [-0.05, 0) is 220 Å². The molecule has 8 rings (SSSR count). The lowest BCUT2D eigenvalue weighted by Crippen LogP contribution is -2.58. The van der Waals surface area contributed by atoms with E-state index >= 15 is 0 Å². The molecule has 0 spiro atoms. The number of amides is 1. The second-order valence-corrected chi connectivity index (χ2v) is 31.3. The zero-order valence-corrected chi connectivity index (χ0v) is 47.7. The molecule has 8 saturated carbocycles. The van der Waals surface area contributed by atoms with Gasteiger partial charge >= 0.3 is 5.97 Å². The molecule has 8 fully saturated rings. The molecule has 22 atom stereocenters. The number of aliphatic hydroxyl groups excluding tert-OH is 4. The quantitative estimate of drug-likeness (QED) is 0.0362. The highest BCUT2D eigenvalue weighted by Crippen LogP contribution is 2.70. The summed E-state index contributed by atoms with van der Waals surface area (Å²) in [6.07, 6.45) is 17.3. The first-order valence-electron chi connectivity index (χ1n) is 29.5. The van der Waals surface area contributed by atoms with Crippen LogP contribution < -0.4 is 5.32 Å². The van der Waals surface area contributed by atoms with Gasteiger partial charge in [-0.2, -0.15) is 0 Å². The third-order valence-corrected chi connectivity index (χ3v) is 24.3. The van der Waals surface area contributed by atoms with Crippen LogP contribution in [0, 0.1) is 98.6 Å². The highest BCUT2D eigenvalue weighted by molar-refractivity contribution is 8.09. The fourth-order valence-corrected chi connectivity index (χ4v) is 20.3. The summed E-state index contributed by atoms with van der Waals surface area (Å²) < 4.78 is 10.5. The van der Waals surface area contributed by atoms with Crippen LogP contribution in [0.1, 0.15) is 196 Å². The third-order valence-electron chi connectivity index (χ3n) is 23.4. The minimum Gasteiger partial charge on any atom is -0.465 e. The maximum Gasteiger partial charge on any atom is 0.308 e. The molecule has 416 valence electrons. The molecule has 14 heteroatoms. The number of Topliss-reactive ketones (excluding diaryl/α,β-unsaturated/α-hetero) is 2. The van der Waals surface area contributed by atoms with E-state index in [9.17, 15) is 44.5 Å². The van der Waals surface area contributed by atoms with Crippen LogP contribution >= 0.6 is 6.49 Å². The van der Waals surface area contributed by atoms with Crippen molar-refractivity contribution in [1.82, 2.24) is 5.32 Å². The van der Waals surface area contributed by atoms with Crippen molar-refractivity contribution < 1.29 is 53.8 Å². The molecular weight excluding hydrogens is 962 g/mol. The summed E-state index contributed by atoms with van der Waals surface area (Å²) in [6, 6.07) is 0. The van der Waals surface area contributed by atoms with Gasteiger partial charge in [0.15, 0.2) is 6.49 Å². The second-order valence-electron chi connectivity index (χ2n) is 27.4. The normalized spacial score (nSPS) is 43.8. The standard InChI is InChI=1S/C59H98NO11PS/c1-35(43-11-13-45-54-47(17-23-58(43,45)5)56(3)21-15-40(61)31-38(56)33-50(54)65)28-42(63)30-37(49(64)19-26-70-53(68)20-27-71-72(7,69)73)10-8-9-25-60-52(67)29-36(2)44-12-14-46-55-48(18-24-59(44,46)6)57(4)22-16-41(62)32-39(57)34-51(55)66/h35-41,43-48,50-51,54-55,61-62,65-66H,8-34H2,1-7H3,(H,60,67)(H,69,73)/t35-,36-,37?,38?,39?,40-,41-,43?,44?,45?,46?,47?,48?,50?,51?,54?,55?,56+,57+,58-,59-,72?/m1/s1. The lowest BCUT2D eigenvalue weighted by Gasteiger charge is -2.62. The minimum absolute atomic E-state index is 0.00224. The highest BCUT2D eigenvalue weighted by Gasteiger charge is 2.65. The van der Waals surface area contributed by atoms with Gasteiger partial charge < -0.3 is 39.9 Å². The number of esters is 1. The third kappa shape index (κ3) is 12.1. The fourth-order valence-electron chi connectivity index (χ4n) is 19.7. The van der Waals surface area contributed by atoms with Gasteiger partial charge in [0.2, 0.25) is 5.91 Å². The smallest absolute Gasteiger partial charge is 0.308 e. The molecule has 0 radical (unpaired) electrons. The summed E-state index contributed by atoms with van der Waals surface area (Å²) in [5, 5.41) is 47.7. The van der Waals surface area contributed by atoms with Gasteiger partial charge in [0.05, 0.1) is 44.1 Å². The fraction of sp³-hybridized carbons (Fsp3) is 0.932. The molecule has 1 amide bonds. The van der Waals surface area contributed by atoms with E-state index in [2.05, 4.69) is 46.9 Å². The predicted molar refractivity (Wildman–Crippen MR) is 286 cm³/mol. The minimum atomic E-state index is -2.90. The molecule has 6 N–H and O–H groups in total. The lowest BCUT2D eigenvalue weighted by atomic mass is 9.43. The van der Waals surface area contributed by atoms with E-state index in [1.54, 1.807) is 0 Å². The Morgan fingerprint density at radius 3 is 1.64 bits per heavy atom. The summed E-state index contributed by atoms with van der Waals surface area (Å²) >= 11 is 4.89. The van der Waals surface area contributed by atoms with Crippen molar-refractivity contribution in [3.63, 3.8) is 0 Å². The first-order chi connectivity index (χ1) is 34.4. The molecular formula is C59H98NO11PS. The van der Waals surface area contributed by atoms with E-state index in [-0.39, 0.29) is 114 Å². The molecule has 14 unspecified atom stereocenters. The molecule has 73 heavy (non-hydrogen) atoms. The zero-order valence-electron chi connectivity index (χ0n) is 45.9. The summed E-state index contributed by atoms with van der Waals surface area (Å²) in [4.78, 5) is 63.7. The van der Waals surface area contributed by atoms with Crippen molar-refractivity contribution in [2.45, 2.75) is 220 Å². The Hall–Kier alpha value is -1.31. The van der Waals surface area contributed by atoms with E-state index in [0.717, 1.165) is 103 Å². The van der Waals surface area contributed by atoms with E-state index < -0.39 is 18.4 Å². The SMILES string of the molecule is C[C@H](CC(=O)CC(CCCCNC(=O)C[C@@H](C)C1CCC2C3C(O)CC4C[C@H](O)CC[C@]4(C)C3CC[C@@]21C)C(=O)CCOC(=O)CCOP(C)(O)=S)C1CCC2C3C(O)CC4C[C@H](O)CC[C@]4(C)C3CC[C@@]21C. The van der Waals surface area contributed by atoms with E-state index in [1.807, 2.05) is 0 Å². The van der Waals surface area contributed by atoms with Crippen LogP contribution in [0.2, 0.25) is 0 Å². The molecule has 0 bridgehead atoms.